The van der Waals surface area contributed by atoms with Crippen molar-refractivity contribution < 1.29 is 0 Å². The first-order chi connectivity index (χ1) is 11.3. The fourth-order valence-electron chi connectivity index (χ4n) is 2.18. The molecule has 3 rings (SSSR count). The van der Waals surface area contributed by atoms with Crippen molar-refractivity contribution in [1.29, 1.82) is 0 Å². The van der Waals surface area contributed by atoms with E-state index in [0.717, 1.165) is 18.7 Å². The fraction of sp³-hybridized carbons (Fsp3) is 0.118. The maximum Gasteiger partial charge on any atom is 0.159 e. The van der Waals surface area contributed by atoms with E-state index in [1.165, 1.54) is 11.9 Å². The van der Waals surface area contributed by atoms with Gasteiger partial charge in [0, 0.05) is 24.6 Å². The number of hydrogen-bond donors (Lipinski definition) is 3. The van der Waals surface area contributed by atoms with Crippen molar-refractivity contribution in [3.63, 3.8) is 0 Å². The summed E-state index contributed by atoms with van der Waals surface area (Å²) in [6.45, 7) is 0.750. The van der Waals surface area contributed by atoms with E-state index >= 15 is 0 Å². The standard InChI is InChI=1S/C17H18N6/c18-15-16(20-11-6-13-4-2-1-3-5-13)21-12-22-17(15)23-14-7-9-19-10-8-14/h1-5,7-10,12H,6,11,18H2,(H2,19,20,21,22,23). The molecule has 2 heterocycles. The van der Waals surface area contributed by atoms with Crippen LogP contribution in [0, 0.1) is 0 Å². The van der Waals surface area contributed by atoms with Crippen LogP contribution in [0.3, 0.4) is 0 Å². The Balaban J connectivity index is 1.65. The number of anilines is 4. The second kappa shape index (κ2) is 7.22. The Hall–Kier alpha value is -3.15. The molecule has 0 aliphatic carbocycles. The lowest BCUT2D eigenvalue weighted by Crippen LogP contribution is -2.10. The van der Waals surface area contributed by atoms with Gasteiger partial charge in [-0.3, -0.25) is 4.98 Å². The lowest BCUT2D eigenvalue weighted by molar-refractivity contribution is 1.00. The van der Waals surface area contributed by atoms with Gasteiger partial charge < -0.3 is 16.4 Å². The van der Waals surface area contributed by atoms with E-state index in [2.05, 4.69) is 37.7 Å². The number of nitrogens with zero attached hydrogens (tertiary/aromatic N) is 3. The summed E-state index contributed by atoms with van der Waals surface area (Å²) in [6.07, 6.45) is 5.81. The van der Waals surface area contributed by atoms with Crippen LogP contribution in [0.1, 0.15) is 5.56 Å². The second-order valence-electron chi connectivity index (χ2n) is 5.01. The van der Waals surface area contributed by atoms with Gasteiger partial charge in [0.25, 0.3) is 0 Å². The van der Waals surface area contributed by atoms with Crippen molar-refractivity contribution in [2.24, 2.45) is 0 Å². The molecule has 0 unspecified atom stereocenters. The number of nitrogen functional groups attached to an aromatic ring is 1. The van der Waals surface area contributed by atoms with Gasteiger partial charge in [-0.1, -0.05) is 30.3 Å². The molecule has 0 bridgehead atoms. The number of rotatable bonds is 6. The van der Waals surface area contributed by atoms with Crippen LogP contribution in [-0.4, -0.2) is 21.5 Å². The summed E-state index contributed by atoms with van der Waals surface area (Å²) in [5.74, 6) is 1.21. The number of pyridine rings is 1. The van der Waals surface area contributed by atoms with Crippen LogP contribution in [0.2, 0.25) is 0 Å². The zero-order valence-corrected chi connectivity index (χ0v) is 12.6. The average Bonchev–Trinajstić information content (AvgIpc) is 2.60. The molecule has 2 aromatic heterocycles. The second-order valence-corrected chi connectivity index (χ2v) is 5.01. The highest BCUT2D eigenvalue weighted by Crippen LogP contribution is 2.25. The van der Waals surface area contributed by atoms with E-state index in [4.69, 9.17) is 5.73 Å². The van der Waals surface area contributed by atoms with Crippen molar-refractivity contribution in [1.82, 2.24) is 15.0 Å². The molecule has 6 heteroatoms. The Morgan fingerprint density at radius 3 is 2.43 bits per heavy atom. The minimum Gasteiger partial charge on any atom is -0.393 e. The minimum atomic E-state index is 0.498. The summed E-state index contributed by atoms with van der Waals surface area (Å²) in [5, 5.41) is 6.42. The van der Waals surface area contributed by atoms with Crippen LogP contribution in [-0.2, 0) is 6.42 Å². The maximum absolute atomic E-state index is 6.15. The monoisotopic (exact) mass is 306 g/mol. The van der Waals surface area contributed by atoms with Crippen molar-refractivity contribution in [3.8, 4) is 0 Å². The van der Waals surface area contributed by atoms with Gasteiger partial charge in [0.2, 0.25) is 0 Å². The van der Waals surface area contributed by atoms with Crippen LogP contribution in [0.15, 0.2) is 61.2 Å². The van der Waals surface area contributed by atoms with Crippen LogP contribution in [0.4, 0.5) is 23.0 Å². The molecule has 0 spiro atoms. The molecule has 0 aliphatic heterocycles. The Bertz CT molecular complexity index is 746. The molecule has 0 saturated heterocycles. The number of nitrogens with one attached hydrogen (secondary N) is 2. The number of hydrogen-bond acceptors (Lipinski definition) is 6. The first kappa shape index (κ1) is 14.8. The van der Waals surface area contributed by atoms with Crippen molar-refractivity contribution in [3.05, 3.63) is 66.7 Å². The van der Waals surface area contributed by atoms with Gasteiger partial charge in [0.1, 0.15) is 12.0 Å². The molecule has 0 fully saturated rings. The van der Waals surface area contributed by atoms with Gasteiger partial charge in [0.05, 0.1) is 0 Å². The predicted octanol–water partition coefficient (Wildman–Crippen LogP) is 2.85. The van der Waals surface area contributed by atoms with Crippen LogP contribution >= 0.6 is 0 Å². The molecule has 0 saturated carbocycles. The van der Waals surface area contributed by atoms with Gasteiger partial charge >= 0.3 is 0 Å². The van der Waals surface area contributed by atoms with E-state index < -0.39 is 0 Å². The molecule has 6 nitrogen and oxygen atoms in total. The van der Waals surface area contributed by atoms with E-state index in [1.807, 2.05) is 30.3 Å². The minimum absolute atomic E-state index is 0.498. The maximum atomic E-state index is 6.15. The van der Waals surface area contributed by atoms with Crippen LogP contribution in [0.25, 0.3) is 0 Å². The lowest BCUT2D eigenvalue weighted by atomic mass is 10.1. The van der Waals surface area contributed by atoms with Crippen molar-refractivity contribution in [2.45, 2.75) is 6.42 Å². The Labute approximate surface area is 134 Å². The number of aromatic nitrogens is 3. The van der Waals surface area contributed by atoms with Gasteiger partial charge in [-0.15, -0.1) is 0 Å². The zero-order chi connectivity index (χ0) is 15.9. The molecule has 0 radical (unpaired) electrons. The summed E-state index contributed by atoms with van der Waals surface area (Å²) in [6, 6.07) is 14.0. The molecular formula is C17H18N6. The van der Waals surface area contributed by atoms with E-state index in [-0.39, 0.29) is 0 Å². The summed E-state index contributed by atoms with van der Waals surface area (Å²) >= 11 is 0. The van der Waals surface area contributed by atoms with E-state index in [9.17, 15) is 0 Å². The predicted molar refractivity (Wildman–Crippen MR) is 92.6 cm³/mol. The number of benzene rings is 1. The van der Waals surface area contributed by atoms with Gasteiger partial charge in [0.15, 0.2) is 11.6 Å². The summed E-state index contributed by atoms with van der Waals surface area (Å²) in [7, 11) is 0. The Morgan fingerprint density at radius 2 is 1.65 bits per heavy atom. The molecule has 0 atom stereocenters. The topological polar surface area (TPSA) is 88.8 Å². The van der Waals surface area contributed by atoms with Crippen LogP contribution < -0.4 is 16.4 Å². The van der Waals surface area contributed by atoms with Gasteiger partial charge in [-0.2, -0.15) is 0 Å². The van der Waals surface area contributed by atoms with Gasteiger partial charge in [-0.05, 0) is 24.1 Å². The first-order valence-electron chi connectivity index (χ1n) is 7.38. The molecule has 4 N–H and O–H groups in total. The molecule has 1 aromatic carbocycles. The normalized spacial score (nSPS) is 10.3. The highest BCUT2D eigenvalue weighted by Gasteiger charge is 2.08. The van der Waals surface area contributed by atoms with E-state index in [1.54, 1.807) is 12.4 Å². The Morgan fingerprint density at radius 1 is 0.913 bits per heavy atom. The van der Waals surface area contributed by atoms with Crippen LogP contribution in [0.5, 0.6) is 0 Å². The Kier molecular flexibility index (Phi) is 4.63. The average molecular weight is 306 g/mol. The molecule has 0 aliphatic rings. The molecule has 3 aromatic rings. The highest BCUT2D eigenvalue weighted by molar-refractivity contribution is 5.77. The molecule has 23 heavy (non-hydrogen) atoms. The zero-order valence-electron chi connectivity index (χ0n) is 12.6. The van der Waals surface area contributed by atoms with Gasteiger partial charge in [-0.25, -0.2) is 9.97 Å². The number of nitrogens with two attached hydrogens (primary N) is 1. The summed E-state index contributed by atoms with van der Waals surface area (Å²) in [5.41, 5.74) is 8.78. The SMILES string of the molecule is Nc1c(NCCc2ccccc2)ncnc1Nc1ccncc1. The lowest BCUT2D eigenvalue weighted by Gasteiger charge is -2.12. The third kappa shape index (κ3) is 3.94. The largest absolute Gasteiger partial charge is 0.393 e. The molecule has 116 valence electrons. The summed E-state index contributed by atoms with van der Waals surface area (Å²) < 4.78 is 0. The molecule has 0 amide bonds. The quantitative estimate of drug-likeness (QED) is 0.649. The smallest absolute Gasteiger partial charge is 0.159 e. The van der Waals surface area contributed by atoms with E-state index in [0.29, 0.717) is 17.3 Å². The van der Waals surface area contributed by atoms with Crippen molar-refractivity contribution >= 4 is 23.0 Å². The fourth-order valence-corrected chi connectivity index (χ4v) is 2.18. The third-order valence-electron chi connectivity index (χ3n) is 3.38. The van der Waals surface area contributed by atoms with Crippen molar-refractivity contribution in [2.75, 3.05) is 22.9 Å². The molecular weight excluding hydrogens is 288 g/mol. The third-order valence-corrected chi connectivity index (χ3v) is 3.38. The first-order valence-corrected chi connectivity index (χ1v) is 7.38. The highest BCUT2D eigenvalue weighted by atomic mass is 15.1. The summed E-state index contributed by atoms with van der Waals surface area (Å²) in [4.78, 5) is 12.4.